The van der Waals surface area contributed by atoms with Crippen molar-refractivity contribution in [2.45, 2.75) is 55.4 Å². The second kappa shape index (κ2) is 14.9. The molecule has 0 aliphatic carbocycles. The van der Waals surface area contributed by atoms with Crippen LogP contribution in [0.1, 0.15) is 45.6 Å². The van der Waals surface area contributed by atoms with Gasteiger partial charge >= 0.3 is 42.1 Å². The van der Waals surface area contributed by atoms with Gasteiger partial charge in [0.25, 0.3) is 0 Å². The van der Waals surface area contributed by atoms with Gasteiger partial charge in [-0.05, 0) is 102 Å². The summed E-state index contributed by atoms with van der Waals surface area (Å²) < 4.78 is 35.0. The minimum Gasteiger partial charge on any atom is -0.496 e. The monoisotopic (exact) mass is 1230 g/mol. The van der Waals surface area contributed by atoms with E-state index in [1.807, 2.05) is 98.4 Å². The van der Waals surface area contributed by atoms with Crippen LogP contribution in [0.5, 0.6) is 46.5 Å². The van der Waals surface area contributed by atoms with E-state index in [4.69, 9.17) is 59.3 Å². The molecule has 0 radical (unpaired) electrons. The van der Waals surface area contributed by atoms with Crippen LogP contribution in [-0.4, -0.2) is 72.5 Å². The largest absolute Gasteiger partial charge is 2.00 e. The van der Waals surface area contributed by atoms with Crippen molar-refractivity contribution in [3.8, 4) is 69.3 Å². The molecule has 4 aliphatic rings. The first-order valence-corrected chi connectivity index (χ1v) is 20.7. The van der Waals surface area contributed by atoms with E-state index in [-0.39, 0.29) is 42.1 Å². The Morgan fingerprint density at radius 3 is 0.803 bits per heavy atom. The summed E-state index contributed by atoms with van der Waals surface area (Å²) in [7, 11) is 0. The van der Waals surface area contributed by atoms with Crippen LogP contribution in [0.25, 0.3) is 22.7 Å². The molecule has 0 saturated heterocycles. The van der Waals surface area contributed by atoms with E-state index in [0.717, 1.165) is 45.6 Å². The van der Waals surface area contributed by atoms with Gasteiger partial charge in [-0.1, -0.05) is 24.8 Å². The number of benzene rings is 1. The quantitative estimate of drug-likeness (QED) is 0.188. The number of nitrogens with zero attached hydrogens (tertiary/aromatic N) is 12. The van der Waals surface area contributed by atoms with E-state index in [0.29, 0.717) is 102 Å². The van der Waals surface area contributed by atoms with Gasteiger partial charge in [0, 0.05) is 33.7 Å². The molecule has 326 valence electrons. The van der Waals surface area contributed by atoms with Gasteiger partial charge in [-0.2, -0.15) is 44.7 Å². The molecule has 8 aromatic heterocycles. The Balaban J connectivity index is 0.00000241. The zero-order chi connectivity index (χ0) is 43.4. The van der Waals surface area contributed by atoms with Gasteiger partial charge < -0.3 is 38.9 Å². The van der Waals surface area contributed by atoms with Gasteiger partial charge in [0.05, 0.1) is 46.3 Å². The van der Waals surface area contributed by atoms with E-state index >= 15 is 0 Å². The van der Waals surface area contributed by atoms with E-state index in [1.165, 1.54) is 0 Å². The molecular formula is C46H32B2N12O4Pt2. The fraction of sp³-hybridized carbons (Fsp3) is 0.174. The van der Waals surface area contributed by atoms with Crippen molar-refractivity contribution in [3.05, 3.63) is 119 Å². The number of aromatic nitrogens is 12. The molecule has 0 atom stereocenters. The van der Waals surface area contributed by atoms with Gasteiger partial charge in [0.1, 0.15) is 0 Å². The summed E-state index contributed by atoms with van der Waals surface area (Å²) in [6.45, 7) is 14.5. The average molecular weight is 1230 g/mol. The molecule has 13 rings (SSSR count). The summed E-state index contributed by atoms with van der Waals surface area (Å²) in [5, 5.41) is 19.0. The molecule has 1 aromatic carbocycles. The van der Waals surface area contributed by atoms with Crippen molar-refractivity contribution in [1.29, 1.82) is 0 Å². The Hall–Kier alpha value is -6.63. The Kier molecular flexibility index (Phi) is 9.52. The fourth-order valence-corrected chi connectivity index (χ4v) is 9.56. The van der Waals surface area contributed by atoms with Gasteiger partial charge in [-0.25, -0.2) is 0 Å². The second-order valence-electron chi connectivity index (χ2n) is 16.7. The third kappa shape index (κ3) is 6.06. The van der Waals surface area contributed by atoms with Crippen molar-refractivity contribution in [1.82, 2.24) is 59.1 Å². The van der Waals surface area contributed by atoms with Crippen LogP contribution < -0.4 is 51.7 Å². The molecule has 0 bridgehead atoms. The maximum Gasteiger partial charge on any atom is 2.00 e. The maximum absolute atomic E-state index is 6.92. The first kappa shape index (κ1) is 42.0. The molecule has 0 fully saturated rings. The van der Waals surface area contributed by atoms with Crippen LogP contribution in [0.2, 0.25) is 0 Å². The van der Waals surface area contributed by atoms with Crippen molar-refractivity contribution >= 4 is 46.2 Å². The zero-order valence-corrected chi connectivity index (χ0v) is 40.9. The van der Waals surface area contributed by atoms with Crippen LogP contribution >= 0.6 is 0 Å². The summed E-state index contributed by atoms with van der Waals surface area (Å²) >= 11 is 0. The molecule has 0 amide bonds. The number of fused-ring (bicyclic) bond motifs is 10. The molecule has 0 unspecified atom stereocenters. The minimum absolute atomic E-state index is 0. The van der Waals surface area contributed by atoms with Crippen molar-refractivity contribution in [2.24, 2.45) is 0 Å². The van der Waals surface area contributed by atoms with Crippen LogP contribution in [0.4, 0.5) is 0 Å². The molecule has 0 N–H and O–H groups in total. The standard InChI is InChI=1S/C46H32B2N12O4.2Pt/c1-21-9-25(5)57(53-21)29-13-33-43(49-17-29)61-39-37-40(62-44-34(47(33)37)14-30(18-50-44)58-26(6)10-22(2)54-58)42-38-41(39)63-45-35(15-31(19-51-45)59-27(7)11-23(3)55-59)48(38)36-16-32(20-52-46(36)64-42)60-28(8)12-24(4)56-60;;/h9-12,17-20H,1-8H3;;/q-4;2*+2. The van der Waals surface area contributed by atoms with Crippen molar-refractivity contribution < 1.29 is 61.1 Å². The van der Waals surface area contributed by atoms with Crippen LogP contribution in [0.3, 0.4) is 0 Å². The molecule has 12 heterocycles. The first-order valence-electron chi connectivity index (χ1n) is 20.7. The van der Waals surface area contributed by atoms with E-state index in [9.17, 15) is 0 Å². The number of ether oxygens (including phenoxy) is 4. The molecule has 4 aliphatic heterocycles. The van der Waals surface area contributed by atoms with Crippen LogP contribution in [-0.2, 0) is 42.1 Å². The van der Waals surface area contributed by atoms with Gasteiger partial charge in [0.15, 0.2) is 23.0 Å². The summed E-state index contributed by atoms with van der Waals surface area (Å²) in [5.41, 5.74) is 13.5. The molecule has 16 nitrogen and oxygen atoms in total. The fourth-order valence-electron chi connectivity index (χ4n) is 9.56. The third-order valence-corrected chi connectivity index (χ3v) is 12.1. The van der Waals surface area contributed by atoms with E-state index in [1.54, 1.807) is 24.8 Å². The Morgan fingerprint density at radius 2 is 0.606 bits per heavy atom. The molecule has 20 heteroatoms. The number of aryl methyl sites for hydroxylation is 8. The summed E-state index contributed by atoms with van der Waals surface area (Å²) in [4.78, 5) is 19.7. The Bertz CT molecular complexity index is 3110. The molecule has 66 heavy (non-hydrogen) atoms. The van der Waals surface area contributed by atoms with Crippen molar-refractivity contribution in [2.75, 3.05) is 0 Å². The predicted molar refractivity (Wildman–Crippen MR) is 235 cm³/mol. The second-order valence-corrected chi connectivity index (χ2v) is 16.7. The number of rotatable bonds is 4. The van der Waals surface area contributed by atoms with Crippen molar-refractivity contribution in [3.63, 3.8) is 0 Å². The number of hydrogen-bond donors (Lipinski definition) is 0. The Labute approximate surface area is 407 Å². The van der Waals surface area contributed by atoms with E-state index < -0.39 is 13.4 Å². The van der Waals surface area contributed by atoms with Gasteiger partial charge in [0.2, 0.25) is 13.4 Å². The third-order valence-electron chi connectivity index (χ3n) is 12.1. The number of hydrogen-bond acceptors (Lipinski definition) is 12. The SMILES string of the molecule is Cc1cc(C)n(-c2[c-]c3c(nc2)Oc2c4c5c(c6c2B3c2[c-]c(-n3nc(C)cc3C)cnc2O6)Oc2ncc(-n3nc(C)cc3C)[c-]c2B5c2[c-]c(-n3nc(C)cc3C)cnc2O4)n1.[Pt+2].[Pt+2]. The summed E-state index contributed by atoms with van der Waals surface area (Å²) in [6.07, 6.45) is 6.83. The summed E-state index contributed by atoms with van der Waals surface area (Å²) in [5.74, 6) is 2.84. The predicted octanol–water partition coefficient (Wildman–Crippen LogP) is 3.13. The van der Waals surface area contributed by atoms with Crippen LogP contribution in [0, 0.1) is 79.7 Å². The van der Waals surface area contributed by atoms with E-state index in [2.05, 4.69) is 24.3 Å². The smallest absolute Gasteiger partial charge is 0.496 e. The van der Waals surface area contributed by atoms with Crippen LogP contribution in [0.15, 0.2) is 49.1 Å². The number of pyridine rings is 4. The topological polar surface area (TPSA) is 160 Å². The minimum atomic E-state index is -0.623. The first-order chi connectivity index (χ1) is 30.9. The average Bonchev–Trinajstić information content (AvgIpc) is 4.03. The zero-order valence-electron chi connectivity index (χ0n) is 36.4. The molecule has 0 saturated carbocycles. The normalized spacial score (nSPS) is 13.0. The Morgan fingerprint density at radius 1 is 0.379 bits per heavy atom. The summed E-state index contributed by atoms with van der Waals surface area (Å²) in [6, 6.07) is 22.6. The van der Waals surface area contributed by atoms with Gasteiger partial charge in [-0.3, -0.25) is 18.7 Å². The van der Waals surface area contributed by atoms with Gasteiger partial charge in [-0.15, -0.1) is 21.9 Å². The molecule has 0 spiro atoms. The molecule has 9 aromatic rings. The maximum atomic E-state index is 6.92. The molecular weight excluding hydrogens is 1200 g/mol.